The Hall–Kier alpha value is -1.13. The van der Waals surface area contributed by atoms with E-state index in [0.717, 1.165) is 50.1 Å². The molecule has 7 nitrogen and oxygen atoms in total. The normalized spacial score (nSPS) is 18.1. The molecule has 2 N–H and O–H groups in total. The van der Waals surface area contributed by atoms with Crippen LogP contribution in [-0.4, -0.2) is 75.9 Å². The molecule has 2 heterocycles. The third kappa shape index (κ3) is 8.18. The van der Waals surface area contributed by atoms with E-state index in [9.17, 15) is 0 Å². The van der Waals surface area contributed by atoms with Crippen molar-refractivity contribution in [2.24, 2.45) is 10.9 Å². The molecular weight excluding hydrogens is 455 g/mol. The Morgan fingerprint density at radius 1 is 1.41 bits per heavy atom. The number of ether oxygens (including phenoxy) is 1. The molecule has 0 amide bonds. The summed E-state index contributed by atoms with van der Waals surface area (Å²) < 4.78 is 5.89. The van der Waals surface area contributed by atoms with Crippen LogP contribution in [0.1, 0.15) is 19.4 Å². The van der Waals surface area contributed by atoms with Crippen molar-refractivity contribution in [3.05, 3.63) is 23.9 Å². The fourth-order valence-corrected chi connectivity index (χ4v) is 3.17. The zero-order valence-corrected chi connectivity index (χ0v) is 19.6. The number of pyridine rings is 1. The molecule has 0 spiro atoms. The number of hydrogen-bond donors (Lipinski definition) is 2. The summed E-state index contributed by atoms with van der Waals surface area (Å²) in [6.07, 6.45) is 2.01. The van der Waals surface area contributed by atoms with Crippen LogP contribution in [0.4, 0.5) is 5.82 Å². The number of aliphatic imine (C=N–C) groups is 1. The summed E-state index contributed by atoms with van der Waals surface area (Å²) in [5, 5.41) is 6.75. The molecule has 154 valence electrons. The third-order valence-corrected chi connectivity index (χ3v) is 4.30. The van der Waals surface area contributed by atoms with Gasteiger partial charge in [0.15, 0.2) is 5.96 Å². The highest BCUT2D eigenvalue weighted by molar-refractivity contribution is 14.0. The van der Waals surface area contributed by atoms with Gasteiger partial charge in [0.25, 0.3) is 0 Å². The van der Waals surface area contributed by atoms with Gasteiger partial charge >= 0.3 is 0 Å². The van der Waals surface area contributed by atoms with Gasteiger partial charge in [0.05, 0.1) is 12.7 Å². The van der Waals surface area contributed by atoms with Crippen molar-refractivity contribution in [1.29, 1.82) is 0 Å². The number of morpholine rings is 1. The first-order valence-electron chi connectivity index (χ1n) is 9.39. The molecule has 27 heavy (non-hydrogen) atoms. The summed E-state index contributed by atoms with van der Waals surface area (Å²) in [6, 6.07) is 4.04. The Labute approximate surface area is 181 Å². The van der Waals surface area contributed by atoms with Gasteiger partial charge in [0.1, 0.15) is 5.82 Å². The van der Waals surface area contributed by atoms with Gasteiger partial charge in [-0.05, 0) is 12.0 Å². The smallest absolute Gasteiger partial charge is 0.191 e. The average molecular weight is 490 g/mol. The van der Waals surface area contributed by atoms with Crippen molar-refractivity contribution >= 4 is 35.8 Å². The molecule has 1 unspecified atom stereocenters. The van der Waals surface area contributed by atoms with Crippen LogP contribution in [0.2, 0.25) is 0 Å². The van der Waals surface area contributed by atoms with Gasteiger partial charge in [0.2, 0.25) is 0 Å². The summed E-state index contributed by atoms with van der Waals surface area (Å²) in [4.78, 5) is 13.3. The van der Waals surface area contributed by atoms with Crippen LogP contribution in [0.3, 0.4) is 0 Å². The second-order valence-corrected chi connectivity index (χ2v) is 7.33. The van der Waals surface area contributed by atoms with E-state index in [1.165, 1.54) is 0 Å². The summed E-state index contributed by atoms with van der Waals surface area (Å²) in [5.41, 5.74) is 1.14. The van der Waals surface area contributed by atoms with E-state index in [2.05, 4.69) is 45.4 Å². The SMILES string of the molecule is CN=C(NCc1cccnc1N(C)C)NCC1CN(CC(C)C)CCO1.I. The molecule has 1 aliphatic rings. The van der Waals surface area contributed by atoms with Gasteiger partial charge < -0.3 is 20.3 Å². The average Bonchev–Trinajstić information content (AvgIpc) is 2.62. The molecule has 8 heteroatoms. The summed E-state index contributed by atoms with van der Waals surface area (Å²) in [6.45, 7) is 9.86. The quantitative estimate of drug-likeness (QED) is 0.345. The van der Waals surface area contributed by atoms with Crippen LogP contribution in [0.15, 0.2) is 23.3 Å². The maximum atomic E-state index is 5.89. The van der Waals surface area contributed by atoms with Gasteiger partial charge in [-0.3, -0.25) is 9.89 Å². The van der Waals surface area contributed by atoms with Crippen molar-refractivity contribution in [1.82, 2.24) is 20.5 Å². The lowest BCUT2D eigenvalue weighted by Gasteiger charge is -2.34. The number of halogens is 1. The molecule has 0 radical (unpaired) electrons. The lowest BCUT2D eigenvalue weighted by Crippen LogP contribution is -2.50. The Kier molecular flexibility index (Phi) is 10.9. The van der Waals surface area contributed by atoms with Gasteiger partial charge in [-0.25, -0.2) is 4.98 Å². The molecule has 0 aromatic carbocycles. The van der Waals surface area contributed by atoms with Gasteiger partial charge in [0, 0.05) is 65.6 Å². The number of rotatable bonds is 7. The highest BCUT2D eigenvalue weighted by Crippen LogP contribution is 2.13. The lowest BCUT2D eigenvalue weighted by atomic mass is 10.2. The predicted molar refractivity (Wildman–Crippen MR) is 123 cm³/mol. The Bertz CT molecular complexity index is 581. The number of nitrogens with one attached hydrogen (secondary N) is 2. The van der Waals surface area contributed by atoms with E-state index >= 15 is 0 Å². The largest absolute Gasteiger partial charge is 0.374 e. The molecule has 0 aliphatic carbocycles. The van der Waals surface area contributed by atoms with Crippen molar-refractivity contribution < 1.29 is 4.74 Å². The van der Waals surface area contributed by atoms with Crippen LogP contribution >= 0.6 is 24.0 Å². The minimum Gasteiger partial charge on any atom is -0.374 e. The first kappa shape index (κ1) is 23.9. The van der Waals surface area contributed by atoms with Crippen molar-refractivity contribution in [3.8, 4) is 0 Å². The molecular formula is C19H35IN6O. The van der Waals surface area contributed by atoms with Crippen LogP contribution in [0.5, 0.6) is 0 Å². The maximum Gasteiger partial charge on any atom is 0.191 e. The molecule has 1 aromatic rings. The van der Waals surface area contributed by atoms with E-state index in [4.69, 9.17) is 4.74 Å². The molecule has 0 bridgehead atoms. The van der Waals surface area contributed by atoms with Gasteiger partial charge in [-0.2, -0.15) is 0 Å². The summed E-state index contributed by atoms with van der Waals surface area (Å²) >= 11 is 0. The molecule has 1 aliphatic heterocycles. The number of hydrogen-bond acceptors (Lipinski definition) is 5. The molecule has 1 fully saturated rings. The lowest BCUT2D eigenvalue weighted by molar-refractivity contribution is -0.0284. The highest BCUT2D eigenvalue weighted by atomic mass is 127. The van der Waals surface area contributed by atoms with E-state index in [-0.39, 0.29) is 30.1 Å². The zero-order valence-electron chi connectivity index (χ0n) is 17.2. The third-order valence-electron chi connectivity index (χ3n) is 4.30. The molecule has 1 atom stereocenters. The number of anilines is 1. The van der Waals surface area contributed by atoms with E-state index in [1.807, 2.05) is 31.3 Å². The monoisotopic (exact) mass is 490 g/mol. The Balaban J connectivity index is 0.00000364. The summed E-state index contributed by atoms with van der Waals surface area (Å²) in [7, 11) is 5.79. The predicted octanol–water partition coefficient (Wildman–Crippen LogP) is 1.79. The standard InChI is InChI=1S/C19H34N6O.HI/c1-15(2)13-25-9-10-26-17(14-25)12-23-19(20-3)22-11-16-7-6-8-21-18(16)24(4)5;/h6-8,15,17H,9-14H2,1-5H3,(H2,20,22,23);1H. The fraction of sp³-hybridized carbons (Fsp3) is 0.684. The number of aromatic nitrogens is 1. The van der Waals surface area contributed by atoms with E-state index < -0.39 is 0 Å². The second-order valence-electron chi connectivity index (χ2n) is 7.33. The first-order valence-corrected chi connectivity index (χ1v) is 9.39. The van der Waals surface area contributed by atoms with E-state index in [1.54, 1.807) is 7.05 Å². The van der Waals surface area contributed by atoms with Crippen molar-refractivity contribution in [3.63, 3.8) is 0 Å². The van der Waals surface area contributed by atoms with Crippen LogP contribution < -0.4 is 15.5 Å². The highest BCUT2D eigenvalue weighted by Gasteiger charge is 2.21. The van der Waals surface area contributed by atoms with E-state index in [0.29, 0.717) is 12.5 Å². The Morgan fingerprint density at radius 2 is 2.19 bits per heavy atom. The molecule has 1 aromatic heterocycles. The molecule has 1 saturated heterocycles. The van der Waals surface area contributed by atoms with Gasteiger partial charge in [-0.1, -0.05) is 19.9 Å². The fourth-order valence-electron chi connectivity index (χ4n) is 3.17. The molecule has 0 saturated carbocycles. The summed E-state index contributed by atoms with van der Waals surface area (Å²) in [5.74, 6) is 2.43. The van der Waals surface area contributed by atoms with Crippen LogP contribution in [0, 0.1) is 5.92 Å². The van der Waals surface area contributed by atoms with Crippen LogP contribution in [0.25, 0.3) is 0 Å². The second kappa shape index (κ2) is 12.4. The van der Waals surface area contributed by atoms with Crippen LogP contribution in [-0.2, 0) is 11.3 Å². The number of nitrogens with zero attached hydrogens (tertiary/aromatic N) is 4. The topological polar surface area (TPSA) is 65.0 Å². The maximum absolute atomic E-state index is 5.89. The Morgan fingerprint density at radius 3 is 2.85 bits per heavy atom. The number of guanidine groups is 1. The first-order chi connectivity index (χ1) is 12.5. The molecule has 2 rings (SSSR count). The van der Waals surface area contributed by atoms with Crippen molar-refractivity contribution in [2.75, 3.05) is 58.8 Å². The zero-order chi connectivity index (χ0) is 18.9. The minimum absolute atomic E-state index is 0. The minimum atomic E-state index is 0. The van der Waals surface area contributed by atoms with Gasteiger partial charge in [-0.15, -0.1) is 24.0 Å². The van der Waals surface area contributed by atoms with Crippen molar-refractivity contribution in [2.45, 2.75) is 26.5 Å².